The van der Waals surface area contributed by atoms with Gasteiger partial charge in [-0.05, 0) is 18.6 Å². The van der Waals surface area contributed by atoms with E-state index in [1.54, 1.807) is 6.07 Å². The molecule has 22 heavy (non-hydrogen) atoms. The summed E-state index contributed by atoms with van der Waals surface area (Å²) in [6.45, 7) is 2.16. The molecule has 0 bridgehead atoms. The highest BCUT2D eigenvalue weighted by Gasteiger charge is 2.11. The van der Waals surface area contributed by atoms with Crippen molar-refractivity contribution in [2.45, 2.75) is 58.0 Å². The number of hydrogen-bond donors (Lipinski definition) is 3. The Kier molecular flexibility index (Phi) is 11.6. The first-order valence-electron chi connectivity index (χ1n) is 7.53. The maximum Gasteiger partial charge on any atom is 0.337 e. The van der Waals surface area contributed by atoms with E-state index in [9.17, 15) is 9.59 Å². The second-order valence-electron chi connectivity index (χ2n) is 4.96. The van der Waals surface area contributed by atoms with Crippen LogP contribution in [0.4, 0.5) is 0 Å². The minimum absolute atomic E-state index is 0.220. The van der Waals surface area contributed by atoms with Crippen LogP contribution in [0.1, 0.15) is 62.2 Å². The Hall–Kier alpha value is -1.95. The molecule has 0 amide bonds. The lowest BCUT2D eigenvalue weighted by Crippen LogP contribution is -2.18. The molecule has 0 aliphatic carbocycles. The fourth-order valence-corrected chi connectivity index (χ4v) is 1.73. The molecule has 0 radical (unpaired) electrons. The van der Waals surface area contributed by atoms with Gasteiger partial charge in [0.05, 0.1) is 5.56 Å². The molecule has 1 unspecified atom stereocenters. The molecule has 1 heterocycles. The molecule has 1 aromatic heterocycles. The minimum atomic E-state index is -1.16. The largest absolute Gasteiger partial charge is 0.479 e. The van der Waals surface area contributed by atoms with Crippen LogP contribution in [0.25, 0.3) is 0 Å². The number of carboxylic acid groups (broad SMARTS) is 2. The van der Waals surface area contributed by atoms with Crippen LogP contribution >= 0.6 is 0 Å². The van der Waals surface area contributed by atoms with Crippen LogP contribution in [0.3, 0.4) is 0 Å². The van der Waals surface area contributed by atoms with Crippen LogP contribution in [-0.4, -0.2) is 38.3 Å². The summed E-state index contributed by atoms with van der Waals surface area (Å²) in [5.74, 6) is -2.04. The van der Waals surface area contributed by atoms with Crippen molar-refractivity contribution in [2.75, 3.05) is 0 Å². The smallest absolute Gasteiger partial charge is 0.337 e. The minimum Gasteiger partial charge on any atom is -0.479 e. The molecule has 0 spiro atoms. The Bertz CT molecular complexity index is 422. The maximum atomic E-state index is 10.2. The van der Waals surface area contributed by atoms with Gasteiger partial charge in [0.25, 0.3) is 0 Å². The molecule has 0 saturated heterocycles. The second-order valence-corrected chi connectivity index (χ2v) is 4.96. The van der Waals surface area contributed by atoms with Gasteiger partial charge < -0.3 is 15.3 Å². The number of carboxylic acids is 2. The highest BCUT2D eigenvalue weighted by atomic mass is 16.4. The van der Waals surface area contributed by atoms with Gasteiger partial charge in [-0.15, -0.1) is 0 Å². The number of hydrogen-bond acceptors (Lipinski definition) is 4. The number of aromatic carboxylic acids is 1. The van der Waals surface area contributed by atoms with Gasteiger partial charge in [-0.3, -0.25) is 4.98 Å². The van der Waals surface area contributed by atoms with Crippen molar-refractivity contribution in [1.82, 2.24) is 4.98 Å². The molecule has 6 nitrogen and oxygen atoms in total. The predicted octanol–water partition coefficient (Wildman–Crippen LogP) is 2.96. The van der Waals surface area contributed by atoms with E-state index in [1.807, 2.05) is 0 Å². The normalized spacial score (nSPS) is 11.2. The number of aromatic nitrogens is 1. The summed E-state index contributed by atoms with van der Waals surface area (Å²) < 4.78 is 0. The van der Waals surface area contributed by atoms with Gasteiger partial charge in [0.15, 0.2) is 6.10 Å². The summed E-state index contributed by atoms with van der Waals surface area (Å²) in [4.78, 5) is 24.0. The third-order valence-corrected chi connectivity index (χ3v) is 3.02. The Labute approximate surface area is 130 Å². The van der Waals surface area contributed by atoms with Crippen molar-refractivity contribution in [1.29, 1.82) is 0 Å². The van der Waals surface area contributed by atoms with Gasteiger partial charge in [0.2, 0.25) is 0 Å². The number of pyridine rings is 1. The fourth-order valence-electron chi connectivity index (χ4n) is 1.73. The predicted molar refractivity (Wildman–Crippen MR) is 82.8 cm³/mol. The van der Waals surface area contributed by atoms with Crippen molar-refractivity contribution >= 4 is 11.9 Å². The van der Waals surface area contributed by atoms with E-state index in [4.69, 9.17) is 15.3 Å². The molecule has 0 fully saturated rings. The van der Waals surface area contributed by atoms with Crippen molar-refractivity contribution < 1.29 is 24.9 Å². The Morgan fingerprint density at radius 1 is 1.14 bits per heavy atom. The van der Waals surface area contributed by atoms with Crippen molar-refractivity contribution in [3.8, 4) is 0 Å². The molecule has 1 rings (SSSR count). The molecule has 0 saturated carbocycles. The Morgan fingerprint density at radius 3 is 2.23 bits per heavy atom. The SMILES string of the molecule is CCCCCCCCC(O)C(=O)O.O=C(O)c1cccnc1. The number of unbranched alkanes of at least 4 members (excludes halogenated alkanes) is 5. The summed E-state index contributed by atoms with van der Waals surface area (Å²) in [6.07, 6.45) is 8.77. The molecule has 3 N–H and O–H groups in total. The summed E-state index contributed by atoms with van der Waals surface area (Å²) in [7, 11) is 0. The molecule has 1 atom stereocenters. The summed E-state index contributed by atoms with van der Waals surface area (Å²) >= 11 is 0. The first-order chi connectivity index (χ1) is 10.5. The molecule has 0 aliphatic heterocycles. The third-order valence-electron chi connectivity index (χ3n) is 3.02. The highest BCUT2D eigenvalue weighted by Crippen LogP contribution is 2.08. The first kappa shape index (κ1) is 20.1. The lowest BCUT2D eigenvalue weighted by Gasteiger charge is -2.04. The standard InChI is InChI=1S/C10H20O3.C6H5NO2/c1-2-3-4-5-6-7-8-9(11)10(12)13;8-6(9)5-2-1-3-7-4-5/h9,11H,2-8H2,1H3,(H,12,13);1-4H,(H,8,9). The molecule has 1 aromatic rings. The third kappa shape index (κ3) is 10.8. The highest BCUT2D eigenvalue weighted by molar-refractivity contribution is 5.86. The molecule has 0 aromatic carbocycles. The van der Waals surface area contributed by atoms with Crippen LogP contribution in [0.5, 0.6) is 0 Å². The van der Waals surface area contributed by atoms with Gasteiger partial charge >= 0.3 is 11.9 Å². The first-order valence-corrected chi connectivity index (χ1v) is 7.53. The van der Waals surface area contributed by atoms with E-state index in [0.29, 0.717) is 6.42 Å². The number of carbonyl (C=O) groups is 2. The average molecular weight is 311 g/mol. The van der Waals surface area contributed by atoms with Crippen molar-refractivity contribution in [3.63, 3.8) is 0 Å². The van der Waals surface area contributed by atoms with Gasteiger partial charge in [0, 0.05) is 12.4 Å². The molecule has 6 heteroatoms. The Morgan fingerprint density at radius 2 is 1.77 bits per heavy atom. The lowest BCUT2D eigenvalue weighted by molar-refractivity contribution is -0.146. The summed E-state index contributed by atoms with van der Waals surface area (Å²) in [5.41, 5.74) is 0.220. The van der Waals surface area contributed by atoms with E-state index in [1.165, 1.54) is 37.7 Å². The monoisotopic (exact) mass is 311 g/mol. The van der Waals surface area contributed by atoms with Crippen LogP contribution in [0, 0.1) is 0 Å². The maximum absolute atomic E-state index is 10.2. The van der Waals surface area contributed by atoms with Crippen LogP contribution in [-0.2, 0) is 4.79 Å². The zero-order valence-corrected chi connectivity index (χ0v) is 12.9. The van der Waals surface area contributed by atoms with E-state index < -0.39 is 18.0 Å². The molecular formula is C16H25NO5. The van der Waals surface area contributed by atoms with Crippen molar-refractivity contribution in [3.05, 3.63) is 30.1 Å². The summed E-state index contributed by atoms with van der Waals surface area (Å²) in [6, 6.07) is 3.08. The van der Waals surface area contributed by atoms with Crippen LogP contribution in [0.2, 0.25) is 0 Å². The topological polar surface area (TPSA) is 108 Å². The molecule has 124 valence electrons. The van der Waals surface area contributed by atoms with Crippen LogP contribution < -0.4 is 0 Å². The number of nitrogens with zero attached hydrogens (tertiary/aromatic N) is 1. The number of aliphatic carboxylic acids is 1. The second kappa shape index (κ2) is 12.8. The van der Waals surface area contributed by atoms with Gasteiger partial charge in [-0.1, -0.05) is 45.4 Å². The summed E-state index contributed by atoms with van der Waals surface area (Å²) in [5, 5.41) is 25.6. The average Bonchev–Trinajstić information content (AvgIpc) is 2.52. The van der Waals surface area contributed by atoms with Gasteiger partial charge in [-0.2, -0.15) is 0 Å². The number of aliphatic hydroxyl groups is 1. The van der Waals surface area contributed by atoms with E-state index in [0.717, 1.165) is 19.3 Å². The van der Waals surface area contributed by atoms with E-state index in [2.05, 4.69) is 11.9 Å². The zero-order chi connectivity index (χ0) is 16.8. The molecular weight excluding hydrogens is 286 g/mol. The quantitative estimate of drug-likeness (QED) is 0.605. The lowest BCUT2D eigenvalue weighted by atomic mass is 10.1. The van der Waals surface area contributed by atoms with Crippen LogP contribution in [0.15, 0.2) is 24.5 Å². The van der Waals surface area contributed by atoms with Gasteiger partial charge in [0.1, 0.15) is 0 Å². The molecule has 0 aliphatic rings. The van der Waals surface area contributed by atoms with E-state index >= 15 is 0 Å². The Balaban J connectivity index is 0.000000425. The van der Waals surface area contributed by atoms with Crippen molar-refractivity contribution in [2.24, 2.45) is 0 Å². The fraction of sp³-hybridized carbons (Fsp3) is 0.562. The van der Waals surface area contributed by atoms with E-state index in [-0.39, 0.29) is 5.56 Å². The number of aliphatic hydroxyl groups excluding tert-OH is 1. The van der Waals surface area contributed by atoms with Gasteiger partial charge in [-0.25, -0.2) is 9.59 Å². The number of rotatable bonds is 9. The zero-order valence-electron chi connectivity index (χ0n) is 12.9.